The second kappa shape index (κ2) is 14.5. The Morgan fingerprint density at radius 1 is 0.612 bits per heavy atom. The van der Waals surface area contributed by atoms with E-state index in [0.29, 0.717) is 32.5 Å². The summed E-state index contributed by atoms with van der Waals surface area (Å²) in [6, 6.07) is 46.1. The smallest absolute Gasteiger partial charge is 0.255 e. The van der Waals surface area contributed by atoms with Crippen molar-refractivity contribution < 1.29 is 13.7 Å². The van der Waals surface area contributed by atoms with Crippen molar-refractivity contribution in [1.82, 2.24) is 0 Å². The summed E-state index contributed by atoms with van der Waals surface area (Å²) >= 11 is 0. The molecular formula is C43H38N2O3S. The van der Waals surface area contributed by atoms with Gasteiger partial charge in [0.1, 0.15) is 11.5 Å². The largest absolute Gasteiger partial charge is 0.457 e. The van der Waals surface area contributed by atoms with Gasteiger partial charge in [0.2, 0.25) is 0 Å². The van der Waals surface area contributed by atoms with Crippen LogP contribution in [0.2, 0.25) is 0 Å². The number of amides is 1. The molecule has 0 aromatic heterocycles. The SMILES string of the molecule is C=C(Nc1cccc(Cc2ccc(S(=C)(=O)c3ccc(Oc4cccc(NC(=O)c5ccc(C)cc5)c4)cc3)cc2)c1)c1ccc(C)cc1. The van der Waals surface area contributed by atoms with E-state index >= 15 is 0 Å². The van der Waals surface area contributed by atoms with Crippen molar-refractivity contribution in [3.63, 3.8) is 0 Å². The van der Waals surface area contributed by atoms with Crippen LogP contribution in [0, 0.1) is 13.8 Å². The number of carbonyl (C=O) groups is 1. The van der Waals surface area contributed by atoms with Crippen LogP contribution in [0.1, 0.15) is 38.2 Å². The number of rotatable bonds is 11. The number of nitrogens with one attached hydrogen (secondary N) is 2. The van der Waals surface area contributed by atoms with Crippen LogP contribution < -0.4 is 15.4 Å². The molecule has 0 saturated carbocycles. The third-order valence-electron chi connectivity index (χ3n) is 8.18. The fourth-order valence-corrected chi connectivity index (χ4v) is 6.79. The van der Waals surface area contributed by atoms with E-state index in [2.05, 4.69) is 66.4 Å². The Morgan fingerprint density at radius 3 is 1.80 bits per heavy atom. The summed E-state index contributed by atoms with van der Waals surface area (Å²) < 4.78 is 19.9. The minimum Gasteiger partial charge on any atom is -0.457 e. The van der Waals surface area contributed by atoms with Crippen LogP contribution in [0.4, 0.5) is 11.4 Å². The number of carbonyl (C=O) groups excluding carboxylic acids is 1. The van der Waals surface area contributed by atoms with E-state index in [1.165, 1.54) is 5.56 Å². The molecule has 0 bridgehead atoms. The molecule has 1 amide bonds. The number of benzene rings is 6. The van der Waals surface area contributed by atoms with Crippen LogP contribution in [0.15, 0.2) is 162 Å². The summed E-state index contributed by atoms with van der Waals surface area (Å²) in [5.41, 5.74) is 8.64. The summed E-state index contributed by atoms with van der Waals surface area (Å²) in [5, 5.41) is 6.33. The van der Waals surface area contributed by atoms with E-state index in [0.717, 1.165) is 40.1 Å². The van der Waals surface area contributed by atoms with Crippen molar-refractivity contribution in [3.05, 3.63) is 186 Å². The van der Waals surface area contributed by atoms with E-state index in [9.17, 15) is 9.00 Å². The average Bonchev–Trinajstić information content (AvgIpc) is 3.10. The standard InChI is InChI=1S/C43H38N2O3S/c1-30-11-17-35(18-12-30)32(3)44-37-8-5-7-34(28-37)27-33-15-23-41(24-16-33)49(4,47)42-25-21-39(22-26-42)48-40-10-6-9-38(29-40)45-43(46)36-19-13-31(2)14-20-36/h5-26,28-29,44H,3-4,27H2,1-2H3,(H,45,46). The molecular weight excluding hydrogens is 625 g/mol. The number of aryl methyl sites for hydroxylation is 2. The lowest BCUT2D eigenvalue weighted by Gasteiger charge is -2.13. The molecule has 0 spiro atoms. The Balaban J connectivity index is 1.07. The van der Waals surface area contributed by atoms with Crippen LogP contribution in [0.3, 0.4) is 0 Å². The molecule has 0 aliphatic carbocycles. The molecule has 6 aromatic carbocycles. The lowest BCUT2D eigenvalue weighted by atomic mass is 10.0. The molecule has 0 saturated heterocycles. The van der Waals surface area contributed by atoms with Gasteiger partial charge in [0.05, 0.1) is 0 Å². The molecule has 5 nitrogen and oxygen atoms in total. The van der Waals surface area contributed by atoms with E-state index in [1.807, 2.05) is 73.7 Å². The van der Waals surface area contributed by atoms with E-state index in [1.54, 1.807) is 42.5 Å². The van der Waals surface area contributed by atoms with E-state index in [4.69, 9.17) is 4.74 Å². The van der Waals surface area contributed by atoms with Crippen molar-refractivity contribution in [2.24, 2.45) is 0 Å². The normalized spacial score (nSPS) is 12.0. The number of ether oxygens (including phenoxy) is 1. The zero-order valence-corrected chi connectivity index (χ0v) is 28.4. The molecule has 0 aliphatic heterocycles. The quantitative estimate of drug-likeness (QED) is 0.136. The van der Waals surface area contributed by atoms with Crippen LogP contribution in [-0.2, 0) is 15.9 Å². The fourth-order valence-electron chi connectivity index (χ4n) is 5.37. The van der Waals surface area contributed by atoms with Crippen molar-refractivity contribution >= 4 is 38.4 Å². The first-order valence-corrected chi connectivity index (χ1v) is 17.7. The molecule has 2 N–H and O–H groups in total. The maximum atomic E-state index is 13.9. The van der Waals surface area contributed by atoms with Crippen LogP contribution in [0.5, 0.6) is 11.5 Å². The fraction of sp³-hybridized carbons (Fsp3) is 0.0698. The second-order valence-corrected chi connectivity index (χ2v) is 14.4. The first-order chi connectivity index (χ1) is 23.6. The molecule has 244 valence electrons. The lowest BCUT2D eigenvalue weighted by Crippen LogP contribution is -2.11. The van der Waals surface area contributed by atoms with Crippen molar-refractivity contribution in [2.45, 2.75) is 30.1 Å². The maximum Gasteiger partial charge on any atom is 0.255 e. The third-order valence-corrected chi connectivity index (χ3v) is 10.2. The Morgan fingerprint density at radius 2 is 1.16 bits per heavy atom. The van der Waals surface area contributed by atoms with Crippen molar-refractivity contribution in [1.29, 1.82) is 0 Å². The van der Waals surface area contributed by atoms with Gasteiger partial charge >= 0.3 is 0 Å². The summed E-state index contributed by atoms with van der Waals surface area (Å²) in [7, 11) is -2.74. The van der Waals surface area contributed by atoms with Crippen molar-refractivity contribution in [2.75, 3.05) is 10.6 Å². The third kappa shape index (κ3) is 8.36. The predicted octanol–water partition coefficient (Wildman–Crippen LogP) is 10.2. The Bertz CT molecular complexity index is 2050. The topological polar surface area (TPSA) is 67.4 Å². The monoisotopic (exact) mass is 662 g/mol. The maximum absolute atomic E-state index is 13.9. The van der Waals surface area contributed by atoms with Gasteiger partial charge < -0.3 is 15.4 Å². The highest BCUT2D eigenvalue weighted by molar-refractivity contribution is 8.00. The lowest BCUT2D eigenvalue weighted by molar-refractivity contribution is 0.102. The Hall–Kier alpha value is -5.85. The van der Waals surface area contributed by atoms with E-state index < -0.39 is 9.52 Å². The zero-order chi connectivity index (χ0) is 34.4. The molecule has 1 unspecified atom stereocenters. The average molecular weight is 663 g/mol. The minimum absolute atomic E-state index is 0.192. The second-order valence-electron chi connectivity index (χ2n) is 12.1. The van der Waals surface area contributed by atoms with Gasteiger partial charge in [0.25, 0.3) is 5.91 Å². The van der Waals surface area contributed by atoms with Gasteiger partial charge in [-0.1, -0.05) is 84.4 Å². The van der Waals surface area contributed by atoms with Gasteiger partial charge in [-0.05, 0) is 116 Å². The highest BCUT2D eigenvalue weighted by Crippen LogP contribution is 2.28. The summed E-state index contributed by atoms with van der Waals surface area (Å²) in [4.78, 5) is 13.9. The van der Waals surface area contributed by atoms with Gasteiger partial charge in [-0.15, -0.1) is 0 Å². The van der Waals surface area contributed by atoms with Crippen molar-refractivity contribution in [3.8, 4) is 11.5 Å². The molecule has 49 heavy (non-hydrogen) atoms. The molecule has 6 rings (SSSR count). The first kappa shape index (κ1) is 33.1. The molecule has 0 heterocycles. The summed E-state index contributed by atoms with van der Waals surface area (Å²) in [6.07, 6.45) is 0.730. The number of hydrogen-bond donors (Lipinski definition) is 2. The van der Waals surface area contributed by atoms with E-state index in [-0.39, 0.29) is 5.91 Å². The molecule has 0 radical (unpaired) electrons. The summed E-state index contributed by atoms with van der Waals surface area (Å²) in [5.74, 6) is 5.06. The Labute approximate surface area is 289 Å². The van der Waals surface area contributed by atoms with Gasteiger partial charge in [-0.3, -0.25) is 9.00 Å². The van der Waals surface area contributed by atoms with Gasteiger partial charge in [0, 0.05) is 48.0 Å². The molecule has 0 fully saturated rings. The molecule has 6 heteroatoms. The Kier molecular flexibility index (Phi) is 9.79. The van der Waals surface area contributed by atoms with Crippen LogP contribution in [-0.4, -0.2) is 16.0 Å². The van der Waals surface area contributed by atoms with Crippen LogP contribution in [0.25, 0.3) is 5.70 Å². The van der Waals surface area contributed by atoms with Gasteiger partial charge in [-0.2, -0.15) is 0 Å². The minimum atomic E-state index is -2.74. The summed E-state index contributed by atoms with van der Waals surface area (Å²) in [6.45, 7) is 8.25. The highest BCUT2D eigenvalue weighted by Gasteiger charge is 2.13. The van der Waals surface area contributed by atoms with Gasteiger partial charge in [0.15, 0.2) is 0 Å². The zero-order valence-electron chi connectivity index (χ0n) is 27.6. The highest BCUT2D eigenvalue weighted by atomic mass is 32.2. The molecule has 1 atom stereocenters. The molecule has 6 aromatic rings. The number of hydrogen-bond acceptors (Lipinski definition) is 4. The predicted molar refractivity (Wildman–Crippen MR) is 203 cm³/mol. The van der Waals surface area contributed by atoms with Gasteiger partial charge in [-0.25, -0.2) is 0 Å². The first-order valence-electron chi connectivity index (χ1n) is 16.0. The molecule has 0 aliphatic rings. The number of anilines is 2. The van der Waals surface area contributed by atoms with Crippen LogP contribution >= 0.6 is 0 Å².